The molecule has 2 N–H and O–H groups in total. The van der Waals surface area contributed by atoms with Crippen molar-refractivity contribution in [3.05, 3.63) is 72.4 Å². The Morgan fingerprint density at radius 1 is 1.16 bits per heavy atom. The molecular weight excluding hydrogens is 407 g/mol. The molecule has 32 heavy (non-hydrogen) atoms. The summed E-state index contributed by atoms with van der Waals surface area (Å²) in [5.74, 6) is 0.0237. The highest BCUT2D eigenvalue weighted by atomic mass is 19.1. The lowest BCUT2D eigenvalue weighted by molar-refractivity contribution is 0.0628. The maximum Gasteiger partial charge on any atom is 0.254 e. The quantitative estimate of drug-likeness (QED) is 0.494. The van der Waals surface area contributed by atoms with E-state index in [0.29, 0.717) is 24.5 Å². The van der Waals surface area contributed by atoms with E-state index in [1.54, 1.807) is 12.4 Å². The van der Waals surface area contributed by atoms with Crippen LogP contribution >= 0.6 is 0 Å². The predicted octanol–water partition coefficient (Wildman–Crippen LogP) is 4.27. The van der Waals surface area contributed by atoms with Gasteiger partial charge in [-0.3, -0.25) is 4.79 Å². The van der Waals surface area contributed by atoms with Crippen LogP contribution in [0.25, 0.3) is 22.4 Å². The first-order valence-electron chi connectivity index (χ1n) is 10.8. The highest BCUT2D eigenvalue weighted by molar-refractivity contribution is 5.94. The van der Waals surface area contributed by atoms with E-state index < -0.39 is 5.82 Å². The molecule has 1 aromatic carbocycles. The monoisotopic (exact) mass is 430 g/mol. The van der Waals surface area contributed by atoms with Crippen molar-refractivity contribution in [1.82, 2.24) is 24.8 Å². The summed E-state index contributed by atoms with van der Waals surface area (Å²) in [5.41, 5.74) is 2.15. The number of carbonyl (C=O) groups excluding carboxylic acids is 1. The van der Waals surface area contributed by atoms with Crippen molar-refractivity contribution in [3.8, 4) is 11.4 Å². The number of nitrogens with zero attached hydrogens (tertiary/aromatic N) is 4. The second-order valence-electron chi connectivity index (χ2n) is 7.89. The third-order valence-corrected chi connectivity index (χ3v) is 5.85. The summed E-state index contributed by atoms with van der Waals surface area (Å²) in [4.78, 5) is 30.9. The number of halogens is 1. The van der Waals surface area contributed by atoms with Gasteiger partial charge in [-0.15, -0.1) is 0 Å². The molecule has 162 valence electrons. The van der Waals surface area contributed by atoms with E-state index in [2.05, 4.69) is 25.3 Å². The number of piperidine rings is 1. The SMILES string of the molecule is O=C(c1ccccc1)N1CCCCC1CNc1nc(-c2c[nH]c3ncccc23)ncc1F. The van der Waals surface area contributed by atoms with Crippen LogP contribution in [0.4, 0.5) is 10.2 Å². The molecule has 1 atom stereocenters. The number of hydrogen-bond acceptors (Lipinski definition) is 5. The van der Waals surface area contributed by atoms with Gasteiger partial charge in [-0.2, -0.15) is 0 Å². The first kappa shape index (κ1) is 20.1. The van der Waals surface area contributed by atoms with Gasteiger partial charge in [0, 0.05) is 48.0 Å². The van der Waals surface area contributed by atoms with E-state index >= 15 is 0 Å². The molecule has 1 saturated heterocycles. The molecule has 0 radical (unpaired) electrons. The Balaban J connectivity index is 1.36. The molecule has 1 fully saturated rings. The highest BCUT2D eigenvalue weighted by Gasteiger charge is 2.27. The Hall–Kier alpha value is -3.81. The summed E-state index contributed by atoms with van der Waals surface area (Å²) in [7, 11) is 0. The topological polar surface area (TPSA) is 86.8 Å². The van der Waals surface area contributed by atoms with Crippen LogP contribution in [0.5, 0.6) is 0 Å². The minimum absolute atomic E-state index is 0.00670. The van der Waals surface area contributed by atoms with Crippen molar-refractivity contribution in [2.45, 2.75) is 25.3 Å². The Labute approximate surface area is 184 Å². The van der Waals surface area contributed by atoms with E-state index in [1.807, 2.05) is 47.4 Å². The number of fused-ring (bicyclic) bond motifs is 1. The standard InChI is InChI=1S/C24H23FN6O/c25-20-15-29-22(19-14-28-21-18(19)10-6-11-26-21)30-23(20)27-13-17-9-4-5-12-31(17)24(32)16-7-2-1-3-8-16/h1-3,6-8,10-11,14-15,17H,4-5,9,12-13H2,(H,26,28)(H,27,29,30). The van der Waals surface area contributed by atoms with Crippen LogP contribution in [0.1, 0.15) is 29.6 Å². The van der Waals surface area contributed by atoms with Gasteiger partial charge in [0.05, 0.1) is 6.20 Å². The van der Waals surface area contributed by atoms with E-state index in [4.69, 9.17) is 0 Å². The van der Waals surface area contributed by atoms with Crippen molar-refractivity contribution < 1.29 is 9.18 Å². The molecule has 4 aromatic rings. The molecule has 4 heterocycles. The van der Waals surface area contributed by atoms with Gasteiger partial charge < -0.3 is 15.2 Å². The van der Waals surface area contributed by atoms with Crippen LogP contribution in [0.3, 0.4) is 0 Å². The van der Waals surface area contributed by atoms with Crippen LogP contribution in [0.2, 0.25) is 0 Å². The maximum atomic E-state index is 14.5. The van der Waals surface area contributed by atoms with Crippen molar-refractivity contribution in [2.75, 3.05) is 18.4 Å². The van der Waals surface area contributed by atoms with Crippen molar-refractivity contribution in [3.63, 3.8) is 0 Å². The van der Waals surface area contributed by atoms with Crippen LogP contribution in [0, 0.1) is 5.82 Å². The zero-order valence-electron chi connectivity index (χ0n) is 17.5. The van der Waals surface area contributed by atoms with Crippen molar-refractivity contribution >= 4 is 22.8 Å². The number of rotatable bonds is 5. The van der Waals surface area contributed by atoms with Gasteiger partial charge in [0.15, 0.2) is 17.5 Å². The first-order valence-corrected chi connectivity index (χ1v) is 10.8. The van der Waals surface area contributed by atoms with Gasteiger partial charge in [0.2, 0.25) is 0 Å². The smallest absolute Gasteiger partial charge is 0.254 e. The lowest BCUT2D eigenvalue weighted by Crippen LogP contribution is -2.47. The van der Waals surface area contributed by atoms with Crippen molar-refractivity contribution in [2.24, 2.45) is 0 Å². The lowest BCUT2D eigenvalue weighted by Gasteiger charge is -2.36. The van der Waals surface area contributed by atoms with Crippen LogP contribution in [-0.4, -0.2) is 49.9 Å². The Bertz CT molecular complexity index is 1240. The number of aromatic nitrogens is 4. The number of hydrogen-bond donors (Lipinski definition) is 2. The maximum absolute atomic E-state index is 14.5. The predicted molar refractivity (Wildman–Crippen MR) is 121 cm³/mol. The van der Waals surface area contributed by atoms with E-state index in [-0.39, 0.29) is 17.8 Å². The summed E-state index contributed by atoms with van der Waals surface area (Å²) in [6, 6.07) is 13.0. The summed E-state index contributed by atoms with van der Waals surface area (Å²) < 4.78 is 14.5. The van der Waals surface area contributed by atoms with Gasteiger partial charge in [-0.1, -0.05) is 18.2 Å². The van der Waals surface area contributed by atoms with Gasteiger partial charge in [0.1, 0.15) is 5.65 Å². The molecule has 0 spiro atoms. The molecule has 1 unspecified atom stereocenters. The summed E-state index contributed by atoms with van der Waals surface area (Å²) in [6.45, 7) is 1.11. The Morgan fingerprint density at radius 2 is 2.03 bits per heavy atom. The zero-order valence-corrected chi connectivity index (χ0v) is 17.5. The van der Waals surface area contributed by atoms with Gasteiger partial charge in [0.25, 0.3) is 5.91 Å². The minimum Gasteiger partial charge on any atom is -0.365 e. The average Bonchev–Trinajstić information content (AvgIpc) is 3.28. The molecule has 1 amide bonds. The number of carbonyl (C=O) groups is 1. The molecule has 7 nitrogen and oxygen atoms in total. The molecule has 3 aromatic heterocycles. The number of likely N-dealkylation sites (tertiary alicyclic amines) is 1. The van der Waals surface area contributed by atoms with Crippen LogP contribution in [0.15, 0.2) is 61.1 Å². The number of amides is 1. The molecule has 0 bridgehead atoms. The minimum atomic E-state index is -0.525. The second kappa shape index (κ2) is 8.74. The number of H-pyrrole nitrogens is 1. The average molecular weight is 430 g/mol. The summed E-state index contributed by atoms with van der Waals surface area (Å²) >= 11 is 0. The number of anilines is 1. The van der Waals surface area contributed by atoms with Crippen LogP contribution in [-0.2, 0) is 0 Å². The van der Waals surface area contributed by atoms with Crippen molar-refractivity contribution in [1.29, 1.82) is 0 Å². The molecule has 0 aliphatic carbocycles. The molecule has 1 aliphatic heterocycles. The first-order chi connectivity index (χ1) is 15.7. The Kier molecular flexibility index (Phi) is 5.49. The third-order valence-electron chi connectivity index (χ3n) is 5.85. The van der Waals surface area contributed by atoms with Gasteiger partial charge in [-0.05, 0) is 43.5 Å². The normalized spacial score (nSPS) is 16.3. The lowest BCUT2D eigenvalue weighted by atomic mass is 10.0. The number of pyridine rings is 1. The Morgan fingerprint density at radius 3 is 2.91 bits per heavy atom. The number of aromatic amines is 1. The summed E-state index contributed by atoms with van der Waals surface area (Å²) in [6.07, 6.45) is 7.51. The van der Waals surface area contributed by atoms with Gasteiger partial charge >= 0.3 is 0 Å². The van der Waals surface area contributed by atoms with Crippen LogP contribution < -0.4 is 5.32 Å². The highest BCUT2D eigenvalue weighted by Crippen LogP contribution is 2.26. The molecule has 1 aliphatic rings. The fourth-order valence-electron chi connectivity index (χ4n) is 4.20. The molecule has 0 saturated carbocycles. The summed E-state index contributed by atoms with van der Waals surface area (Å²) in [5, 5.41) is 4.00. The second-order valence-corrected chi connectivity index (χ2v) is 7.89. The molecule has 5 rings (SSSR count). The molecule has 8 heteroatoms. The third kappa shape index (κ3) is 3.91. The number of nitrogens with one attached hydrogen (secondary N) is 2. The van der Waals surface area contributed by atoms with E-state index in [9.17, 15) is 9.18 Å². The van der Waals surface area contributed by atoms with Gasteiger partial charge in [-0.25, -0.2) is 19.3 Å². The van der Waals surface area contributed by atoms with E-state index in [1.165, 1.54) is 6.20 Å². The fraction of sp³-hybridized carbons (Fsp3) is 0.250. The molecular formula is C24H23FN6O. The number of benzene rings is 1. The fourth-order valence-corrected chi connectivity index (χ4v) is 4.20. The largest absolute Gasteiger partial charge is 0.365 e. The van der Waals surface area contributed by atoms with E-state index in [0.717, 1.165) is 35.9 Å². The zero-order chi connectivity index (χ0) is 21.9.